The molecule has 6 heteroatoms. The molecule has 0 saturated heterocycles. The van der Waals surface area contributed by atoms with E-state index < -0.39 is 17.3 Å². The van der Waals surface area contributed by atoms with Crippen molar-refractivity contribution in [3.63, 3.8) is 0 Å². The van der Waals surface area contributed by atoms with E-state index in [1.165, 1.54) is 12.1 Å². The van der Waals surface area contributed by atoms with Crippen LogP contribution in [0.2, 0.25) is 0 Å². The Bertz CT molecular complexity index is 448. The molecule has 0 aliphatic carbocycles. The largest absolute Gasteiger partial charge is 0.417 e. The molecule has 0 radical (unpaired) electrons. The number of anilines is 1. The van der Waals surface area contributed by atoms with Gasteiger partial charge in [-0.3, -0.25) is 0 Å². The Morgan fingerprint density at radius 3 is 2.56 bits per heavy atom. The zero-order valence-electron chi connectivity index (χ0n) is 9.75. The number of hydrogen-bond donors (Lipinski definition) is 2. The van der Waals surface area contributed by atoms with Gasteiger partial charge in [0.15, 0.2) is 0 Å². The van der Waals surface area contributed by atoms with Crippen molar-refractivity contribution >= 4 is 5.69 Å². The number of aliphatic hydroxyl groups is 1. The van der Waals surface area contributed by atoms with Gasteiger partial charge in [-0.25, -0.2) is 0 Å². The van der Waals surface area contributed by atoms with Crippen molar-refractivity contribution < 1.29 is 18.3 Å². The highest BCUT2D eigenvalue weighted by molar-refractivity contribution is 5.53. The summed E-state index contributed by atoms with van der Waals surface area (Å²) < 4.78 is 38.1. The fourth-order valence-corrected chi connectivity index (χ4v) is 1.48. The van der Waals surface area contributed by atoms with Crippen molar-refractivity contribution in [2.75, 3.05) is 11.9 Å². The molecule has 0 aliphatic rings. The normalized spacial score (nSPS) is 12.9. The third kappa shape index (κ3) is 3.37. The topological polar surface area (TPSA) is 56.0 Å². The van der Waals surface area contributed by atoms with Crippen LogP contribution in [-0.2, 0) is 6.18 Å². The molecule has 0 aromatic heterocycles. The lowest BCUT2D eigenvalue weighted by Crippen LogP contribution is -2.23. The average molecular weight is 258 g/mol. The Labute approximate surface area is 103 Å². The van der Waals surface area contributed by atoms with Crippen molar-refractivity contribution in [2.45, 2.75) is 25.6 Å². The molecule has 0 amide bonds. The molecule has 0 saturated carbocycles. The van der Waals surface area contributed by atoms with E-state index in [4.69, 9.17) is 10.4 Å². The minimum atomic E-state index is -4.57. The fraction of sp³-hybridized carbons (Fsp3) is 0.417. The van der Waals surface area contributed by atoms with Gasteiger partial charge in [0.25, 0.3) is 0 Å². The molecule has 3 nitrogen and oxygen atoms in total. The third-order valence-corrected chi connectivity index (χ3v) is 2.53. The number of nitrogens with zero attached hydrogens (tertiary/aromatic N) is 1. The van der Waals surface area contributed by atoms with Gasteiger partial charge in [-0.2, -0.15) is 18.4 Å². The highest BCUT2D eigenvalue weighted by Crippen LogP contribution is 2.33. The summed E-state index contributed by atoms with van der Waals surface area (Å²) in [5, 5.41) is 20.4. The molecule has 98 valence electrons. The predicted octanol–water partition coefficient (Wildman–Crippen LogP) is 2.76. The van der Waals surface area contributed by atoms with Gasteiger partial charge < -0.3 is 10.4 Å². The average Bonchev–Trinajstić information content (AvgIpc) is 2.34. The predicted molar refractivity (Wildman–Crippen MR) is 60.9 cm³/mol. The van der Waals surface area contributed by atoms with E-state index in [-0.39, 0.29) is 18.3 Å². The van der Waals surface area contributed by atoms with Crippen LogP contribution in [0.1, 0.15) is 24.5 Å². The van der Waals surface area contributed by atoms with Gasteiger partial charge in [-0.15, -0.1) is 0 Å². The van der Waals surface area contributed by atoms with Crippen LogP contribution in [0.25, 0.3) is 0 Å². The Morgan fingerprint density at radius 1 is 1.44 bits per heavy atom. The van der Waals surface area contributed by atoms with Gasteiger partial charge >= 0.3 is 6.18 Å². The van der Waals surface area contributed by atoms with Gasteiger partial charge in [0.2, 0.25) is 0 Å². The number of alkyl halides is 3. The maximum Gasteiger partial charge on any atom is 0.417 e. The second-order valence-electron chi connectivity index (χ2n) is 3.80. The van der Waals surface area contributed by atoms with Crippen LogP contribution >= 0.6 is 0 Å². The molecule has 1 aromatic carbocycles. The molecule has 0 heterocycles. The summed E-state index contributed by atoms with van der Waals surface area (Å²) in [6, 6.07) is 4.61. The summed E-state index contributed by atoms with van der Waals surface area (Å²) in [5.74, 6) is 0. The summed E-state index contributed by atoms with van der Waals surface area (Å²) in [6.07, 6.45) is -3.98. The quantitative estimate of drug-likeness (QED) is 0.873. The number of halogens is 3. The summed E-state index contributed by atoms with van der Waals surface area (Å²) in [7, 11) is 0. The van der Waals surface area contributed by atoms with Crippen LogP contribution in [0.5, 0.6) is 0 Å². The van der Waals surface area contributed by atoms with E-state index in [0.717, 1.165) is 12.1 Å². The standard InChI is InChI=1S/C12H13F3N2O/c1-2-9(7-18)17-10-4-3-8(6-16)11(5-10)12(13,14)15/h3-5,9,17-18H,2,7H2,1H3/t9-/m0/s1. The molecule has 1 rings (SSSR count). The molecule has 2 N–H and O–H groups in total. The van der Waals surface area contributed by atoms with Gasteiger partial charge in [-0.05, 0) is 24.6 Å². The first-order valence-electron chi connectivity index (χ1n) is 5.41. The third-order valence-electron chi connectivity index (χ3n) is 2.53. The molecular formula is C12H13F3N2O. The molecule has 0 spiro atoms. The molecule has 0 bridgehead atoms. The molecule has 0 unspecified atom stereocenters. The Hall–Kier alpha value is -1.74. The summed E-state index contributed by atoms with van der Waals surface area (Å²) >= 11 is 0. The molecule has 0 aliphatic heterocycles. The Balaban J connectivity index is 3.08. The molecule has 0 fully saturated rings. The second-order valence-corrected chi connectivity index (χ2v) is 3.80. The molecule has 1 atom stereocenters. The maximum absolute atomic E-state index is 12.7. The van der Waals surface area contributed by atoms with Gasteiger partial charge in [0, 0.05) is 11.7 Å². The minimum absolute atomic E-state index is 0.169. The number of rotatable bonds is 4. The first-order valence-corrected chi connectivity index (χ1v) is 5.41. The lowest BCUT2D eigenvalue weighted by Gasteiger charge is -2.17. The smallest absolute Gasteiger partial charge is 0.394 e. The fourth-order valence-electron chi connectivity index (χ4n) is 1.48. The van der Waals surface area contributed by atoms with Crippen molar-refractivity contribution in [1.82, 2.24) is 0 Å². The lowest BCUT2D eigenvalue weighted by molar-refractivity contribution is -0.137. The zero-order valence-corrected chi connectivity index (χ0v) is 9.75. The minimum Gasteiger partial charge on any atom is -0.394 e. The highest BCUT2D eigenvalue weighted by Gasteiger charge is 2.33. The number of nitriles is 1. The van der Waals surface area contributed by atoms with Crippen molar-refractivity contribution in [3.8, 4) is 6.07 Å². The Morgan fingerprint density at radius 2 is 2.11 bits per heavy atom. The van der Waals surface area contributed by atoms with Crippen LogP contribution < -0.4 is 5.32 Å². The van der Waals surface area contributed by atoms with E-state index in [9.17, 15) is 13.2 Å². The molecular weight excluding hydrogens is 245 g/mol. The van der Waals surface area contributed by atoms with Crippen molar-refractivity contribution in [2.24, 2.45) is 0 Å². The molecule has 1 aromatic rings. The Kier molecular flexibility index (Phi) is 4.56. The van der Waals surface area contributed by atoms with E-state index in [1.807, 2.05) is 6.92 Å². The van der Waals surface area contributed by atoms with Crippen molar-refractivity contribution in [1.29, 1.82) is 5.26 Å². The summed E-state index contributed by atoms with van der Waals surface area (Å²) in [5.41, 5.74) is -1.14. The summed E-state index contributed by atoms with van der Waals surface area (Å²) in [4.78, 5) is 0. The summed E-state index contributed by atoms with van der Waals surface area (Å²) in [6.45, 7) is 1.64. The maximum atomic E-state index is 12.7. The SMILES string of the molecule is CC[C@@H](CO)Nc1ccc(C#N)c(C(F)(F)F)c1. The van der Waals surface area contributed by atoms with Crippen LogP contribution in [-0.4, -0.2) is 17.8 Å². The van der Waals surface area contributed by atoms with Gasteiger partial charge in [0.05, 0.1) is 23.8 Å². The first kappa shape index (κ1) is 14.3. The van der Waals surface area contributed by atoms with E-state index in [1.54, 1.807) is 0 Å². The van der Waals surface area contributed by atoms with Gasteiger partial charge in [-0.1, -0.05) is 6.92 Å². The number of nitrogens with one attached hydrogen (secondary N) is 1. The zero-order chi connectivity index (χ0) is 13.8. The van der Waals surface area contributed by atoms with Crippen LogP contribution in [0.3, 0.4) is 0 Å². The van der Waals surface area contributed by atoms with Crippen LogP contribution in [0.15, 0.2) is 18.2 Å². The molecule has 18 heavy (non-hydrogen) atoms. The van der Waals surface area contributed by atoms with E-state index in [2.05, 4.69) is 5.32 Å². The highest BCUT2D eigenvalue weighted by atomic mass is 19.4. The first-order chi connectivity index (χ1) is 8.42. The number of aliphatic hydroxyl groups excluding tert-OH is 1. The van der Waals surface area contributed by atoms with Crippen LogP contribution in [0, 0.1) is 11.3 Å². The van der Waals surface area contributed by atoms with Crippen molar-refractivity contribution in [3.05, 3.63) is 29.3 Å². The number of hydrogen-bond acceptors (Lipinski definition) is 3. The van der Waals surface area contributed by atoms with E-state index in [0.29, 0.717) is 6.42 Å². The second kappa shape index (κ2) is 5.74. The number of benzene rings is 1. The monoisotopic (exact) mass is 258 g/mol. The van der Waals surface area contributed by atoms with Crippen LogP contribution in [0.4, 0.5) is 18.9 Å². The van der Waals surface area contributed by atoms with Gasteiger partial charge in [0.1, 0.15) is 0 Å². The lowest BCUT2D eigenvalue weighted by atomic mass is 10.1. The van der Waals surface area contributed by atoms with E-state index >= 15 is 0 Å².